The van der Waals surface area contributed by atoms with Crippen LogP contribution in [0.15, 0.2) is 12.1 Å². The van der Waals surface area contributed by atoms with Crippen LogP contribution in [0, 0.1) is 6.92 Å². The highest BCUT2D eigenvalue weighted by molar-refractivity contribution is 5.80. The Bertz CT molecular complexity index is 407. The second-order valence-electron chi connectivity index (χ2n) is 4.03. The Morgan fingerprint density at radius 3 is 2.89 bits per heavy atom. The second-order valence-corrected chi connectivity index (χ2v) is 4.03. The van der Waals surface area contributed by atoms with Crippen LogP contribution in [0.3, 0.4) is 0 Å². The van der Waals surface area contributed by atoms with E-state index in [4.69, 9.17) is 9.84 Å². The molecule has 18 heavy (non-hydrogen) atoms. The van der Waals surface area contributed by atoms with Crippen LogP contribution >= 0.6 is 0 Å². The van der Waals surface area contributed by atoms with Crippen LogP contribution in [0.1, 0.15) is 25.2 Å². The molecule has 0 spiro atoms. The molecule has 5 heteroatoms. The van der Waals surface area contributed by atoms with Gasteiger partial charge in [-0.05, 0) is 32.4 Å². The number of nitrogens with zero attached hydrogens (tertiary/aromatic N) is 1. The lowest BCUT2D eigenvalue weighted by atomic mass is 10.2. The molecule has 1 aromatic heterocycles. The van der Waals surface area contributed by atoms with Crippen molar-refractivity contribution in [1.82, 2.24) is 10.3 Å². The molecule has 0 aliphatic carbocycles. The number of carbonyl (C=O) groups excluding carboxylic acids is 1. The number of ether oxygens (including phenoxy) is 1. The van der Waals surface area contributed by atoms with Crippen molar-refractivity contribution in [3.63, 3.8) is 0 Å². The van der Waals surface area contributed by atoms with Crippen LogP contribution < -0.4 is 10.1 Å². The average molecular weight is 252 g/mol. The first-order valence-corrected chi connectivity index (χ1v) is 6.10. The number of aromatic nitrogens is 1. The van der Waals surface area contributed by atoms with Gasteiger partial charge in [0, 0.05) is 12.2 Å². The zero-order valence-electron chi connectivity index (χ0n) is 11.1. The molecule has 1 heterocycles. The molecule has 0 aromatic carbocycles. The van der Waals surface area contributed by atoms with E-state index < -0.39 is 6.10 Å². The molecule has 0 saturated carbocycles. The quantitative estimate of drug-likeness (QED) is 0.786. The smallest absolute Gasteiger partial charge is 0.260 e. The molecule has 1 unspecified atom stereocenters. The fourth-order valence-electron chi connectivity index (χ4n) is 1.53. The van der Waals surface area contributed by atoms with Gasteiger partial charge in [-0.25, -0.2) is 0 Å². The summed E-state index contributed by atoms with van der Waals surface area (Å²) in [6.45, 7) is 5.74. The predicted molar refractivity (Wildman–Crippen MR) is 68.5 cm³/mol. The van der Waals surface area contributed by atoms with Gasteiger partial charge in [0.1, 0.15) is 5.75 Å². The van der Waals surface area contributed by atoms with E-state index in [1.807, 2.05) is 26.0 Å². The van der Waals surface area contributed by atoms with Gasteiger partial charge < -0.3 is 15.2 Å². The highest BCUT2D eigenvalue weighted by Crippen LogP contribution is 2.18. The molecule has 0 aliphatic rings. The standard InChI is InChI=1S/C13H20N2O3/c1-4-11-12(6-5-9(2)15-11)18-10(3)13(17)14-7-8-16/h5-6,10,16H,4,7-8H2,1-3H3,(H,14,17). The van der Waals surface area contributed by atoms with E-state index in [1.165, 1.54) is 0 Å². The molecule has 100 valence electrons. The molecule has 0 fully saturated rings. The van der Waals surface area contributed by atoms with Gasteiger partial charge in [0.25, 0.3) is 5.91 Å². The van der Waals surface area contributed by atoms with E-state index >= 15 is 0 Å². The highest BCUT2D eigenvalue weighted by Gasteiger charge is 2.15. The van der Waals surface area contributed by atoms with E-state index in [9.17, 15) is 4.79 Å². The minimum absolute atomic E-state index is 0.0786. The van der Waals surface area contributed by atoms with E-state index in [0.717, 1.165) is 17.8 Å². The number of aliphatic hydroxyl groups excluding tert-OH is 1. The molecule has 1 rings (SSSR count). The van der Waals surface area contributed by atoms with Crippen LogP contribution in [0.25, 0.3) is 0 Å². The number of pyridine rings is 1. The molecule has 1 amide bonds. The predicted octanol–water partition coefficient (Wildman–Crippen LogP) is 0.828. The zero-order valence-corrected chi connectivity index (χ0v) is 11.1. The number of hydrogen-bond acceptors (Lipinski definition) is 4. The van der Waals surface area contributed by atoms with E-state index in [-0.39, 0.29) is 19.1 Å². The van der Waals surface area contributed by atoms with Gasteiger partial charge in [-0.2, -0.15) is 0 Å². The number of aliphatic hydroxyl groups is 1. The molecular weight excluding hydrogens is 232 g/mol. The van der Waals surface area contributed by atoms with E-state index in [1.54, 1.807) is 6.92 Å². The van der Waals surface area contributed by atoms with E-state index in [0.29, 0.717) is 5.75 Å². The summed E-state index contributed by atoms with van der Waals surface area (Å²) in [5.74, 6) is 0.390. The van der Waals surface area contributed by atoms with Crippen LogP contribution in [0.5, 0.6) is 5.75 Å². The Balaban J connectivity index is 2.69. The van der Waals surface area contributed by atoms with Gasteiger partial charge in [-0.3, -0.25) is 9.78 Å². The molecule has 0 bridgehead atoms. The van der Waals surface area contributed by atoms with Gasteiger partial charge in [-0.15, -0.1) is 0 Å². The summed E-state index contributed by atoms with van der Waals surface area (Å²) in [6, 6.07) is 3.68. The number of amides is 1. The van der Waals surface area contributed by atoms with Crippen molar-refractivity contribution in [1.29, 1.82) is 0 Å². The minimum atomic E-state index is -0.605. The molecule has 0 saturated heterocycles. The maximum atomic E-state index is 11.6. The highest BCUT2D eigenvalue weighted by atomic mass is 16.5. The summed E-state index contributed by atoms with van der Waals surface area (Å²) in [5.41, 5.74) is 1.77. The lowest BCUT2D eigenvalue weighted by Crippen LogP contribution is -2.37. The van der Waals surface area contributed by atoms with Crippen LogP contribution in [-0.4, -0.2) is 35.3 Å². The molecule has 0 radical (unpaired) electrons. The molecule has 0 aliphatic heterocycles. The Labute approximate surface area is 107 Å². The van der Waals surface area contributed by atoms with Crippen molar-refractivity contribution >= 4 is 5.91 Å². The van der Waals surface area contributed by atoms with Crippen molar-refractivity contribution in [2.45, 2.75) is 33.3 Å². The number of rotatable bonds is 6. The lowest BCUT2D eigenvalue weighted by Gasteiger charge is -2.16. The summed E-state index contributed by atoms with van der Waals surface area (Å²) in [6.07, 6.45) is 0.147. The molecule has 5 nitrogen and oxygen atoms in total. The van der Waals surface area contributed by atoms with Crippen molar-refractivity contribution < 1.29 is 14.6 Å². The summed E-state index contributed by atoms with van der Waals surface area (Å²) < 4.78 is 5.59. The van der Waals surface area contributed by atoms with Crippen LogP contribution in [0.2, 0.25) is 0 Å². The molecule has 1 atom stereocenters. The Morgan fingerprint density at radius 1 is 1.56 bits per heavy atom. The lowest BCUT2D eigenvalue weighted by molar-refractivity contribution is -0.127. The normalized spacial score (nSPS) is 12.0. The van der Waals surface area contributed by atoms with Crippen LogP contribution in [-0.2, 0) is 11.2 Å². The number of aryl methyl sites for hydroxylation is 2. The Hall–Kier alpha value is -1.62. The number of hydrogen-bond donors (Lipinski definition) is 2. The molecule has 1 aromatic rings. The maximum absolute atomic E-state index is 11.6. The third-order valence-corrected chi connectivity index (χ3v) is 2.49. The third-order valence-electron chi connectivity index (χ3n) is 2.49. The third kappa shape index (κ3) is 4.00. The van der Waals surface area contributed by atoms with Gasteiger partial charge >= 0.3 is 0 Å². The Morgan fingerprint density at radius 2 is 2.28 bits per heavy atom. The first kappa shape index (κ1) is 14.4. The summed E-state index contributed by atoms with van der Waals surface area (Å²) in [7, 11) is 0. The summed E-state index contributed by atoms with van der Waals surface area (Å²) in [5, 5.41) is 11.2. The van der Waals surface area contributed by atoms with Gasteiger partial charge in [0.05, 0.1) is 12.3 Å². The van der Waals surface area contributed by atoms with Gasteiger partial charge in [0.15, 0.2) is 6.10 Å². The molecule has 2 N–H and O–H groups in total. The second kappa shape index (κ2) is 6.96. The monoisotopic (exact) mass is 252 g/mol. The van der Waals surface area contributed by atoms with E-state index in [2.05, 4.69) is 10.3 Å². The van der Waals surface area contributed by atoms with Crippen LogP contribution in [0.4, 0.5) is 0 Å². The fraction of sp³-hybridized carbons (Fsp3) is 0.538. The van der Waals surface area contributed by atoms with Gasteiger partial charge in [-0.1, -0.05) is 6.92 Å². The first-order valence-electron chi connectivity index (χ1n) is 6.10. The largest absolute Gasteiger partial charge is 0.479 e. The molecular formula is C13H20N2O3. The first-order chi connectivity index (χ1) is 8.58. The zero-order chi connectivity index (χ0) is 13.5. The van der Waals surface area contributed by atoms with Crippen molar-refractivity contribution in [2.24, 2.45) is 0 Å². The van der Waals surface area contributed by atoms with Crippen molar-refractivity contribution in [3.05, 3.63) is 23.5 Å². The fourth-order valence-corrected chi connectivity index (χ4v) is 1.53. The SMILES string of the molecule is CCc1nc(C)ccc1OC(C)C(=O)NCCO. The average Bonchev–Trinajstić information content (AvgIpc) is 2.37. The maximum Gasteiger partial charge on any atom is 0.260 e. The topological polar surface area (TPSA) is 71.5 Å². The number of nitrogens with one attached hydrogen (secondary N) is 1. The minimum Gasteiger partial charge on any atom is -0.479 e. The summed E-state index contributed by atoms with van der Waals surface area (Å²) >= 11 is 0. The number of carbonyl (C=O) groups is 1. The summed E-state index contributed by atoms with van der Waals surface area (Å²) in [4.78, 5) is 16.0. The van der Waals surface area contributed by atoms with Crippen molar-refractivity contribution in [3.8, 4) is 5.75 Å². The van der Waals surface area contributed by atoms with Gasteiger partial charge in [0.2, 0.25) is 0 Å². The van der Waals surface area contributed by atoms with Crippen molar-refractivity contribution in [2.75, 3.05) is 13.2 Å². The Kier molecular flexibility index (Phi) is 5.58.